The van der Waals surface area contributed by atoms with Crippen molar-refractivity contribution in [2.24, 2.45) is 5.41 Å². The summed E-state index contributed by atoms with van der Waals surface area (Å²) in [5.74, 6) is -0.0193. The van der Waals surface area contributed by atoms with Gasteiger partial charge in [-0.2, -0.15) is 0 Å². The number of ether oxygens (including phenoxy) is 1. The number of anilines is 2. The van der Waals surface area contributed by atoms with Gasteiger partial charge in [-0.1, -0.05) is 38.5 Å². The highest BCUT2D eigenvalue weighted by Crippen LogP contribution is 2.27. The lowest BCUT2D eigenvalue weighted by Crippen LogP contribution is -2.37. The van der Waals surface area contributed by atoms with Gasteiger partial charge >= 0.3 is 0 Å². The number of nitrogens with one attached hydrogen (secondary N) is 1. The minimum absolute atomic E-state index is 0.00826. The molecular formula is C28H39N3O3. The van der Waals surface area contributed by atoms with E-state index >= 15 is 0 Å². The molecule has 1 heterocycles. The summed E-state index contributed by atoms with van der Waals surface area (Å²) in [6.45, 7) is 9.86. The molecule has 6 heteroatoms. The van der Waals surface area contributed by atoms with Gasteiger partial charge in [-0.3, -0.25) is 9.59 Å². The maximum absolute atomic E-state index is 13.6. The molecule has 1 N–H and O–H groups in total. The fourth-order valence-corrected chi connectivity index (χ4v) is 4.33. The average molecular weight is 466 g/mol. The van der Waals surface area contributed by atoms with Crippen molar-refractivity contribution < 1.29 is 14.3 Å². The van der Waals surface area contributed by atoms with Crippen molar-refractivity contribution in [3.63, 3.8) is 0 Å². The summed E-state index contributed by atoms with van der Waals surface area (Å²) in [4.78, 5) is 30.0. The van der Waals surface area contributed by atoms with Crippen molar-refractivity contribution in [3.8, 4) is 0 Å². The van der Waals surface area contributed by atoms with E-state index in [1.807, 2.05) is 94.1 Å². The Balaban J connectivity index is 1.89. The minimum atomic E-state index is -0.0885. The van der Waals surface area contributed by atoms with E-state index in [2.05, 4.69) is 5.32 Å². The Hall–Kier alpha value is -2.86. The third-order valence-corrected chi connectivity index (χ3v) is 5.90. The predicted octanol–water partition coefficient (Wildman–Crippen LogP) is 5.26. The molecule has 0 aliphatic carbocycles. The van der Waals surface area contributed by atoms with Crippen molar-refractivity contribution in [1.82, 2.24) is 4.90 Å². The van der Waals surface area contributed by atoms with Crippen LogP contribution in [0.2, 0.25) is 0 Å². The van der Waals surface area contributed by atoms with Crippen molar-refractivity contribution in [2.75, 3.05) is 37.5 Å². The van der Waals surface area contributed by atoms with Crippen LogP contribution in [0, 0.1) is 12.3 Å². The summed E-state index contributed by atoms with van der Waals surface area (Å²) in [6, 6.07) is 13.6. The molecule has 1 aliphatic heterocycles. The summed E-state index contributed by atoms with van der Waals surface area (Å²) in [7, 11) is 3.98. The number of carbonyl (C=O) groups excluding carboxylic acids is 2. The molecule has 6 nitrogen and oxygen atoms in total. The van der Waals surface area contributed by atoms with E-state index < -0.39 is 0 Å². The molecule has 1 saturated heterocycles. The number of hydrogen-bond donors (Lipinski definition) is 1. The lowest BCUT2D eigenvalue weighted by molar-refractivity contribution is -0.117. The summed E-state index contributed by atoms with van der Waals surface area (Å²) in [6.07, 6.45) is 2.47. The Morgan fingerprint density at radius 1 is 1.12 bits per heavy atom. The molecule has 1 atom stereocenters. The van der Waals surface area contributed by atoms with Gasteiger partial charge in [0.15, 0.2) is 0 Å². The van der Waals surface area contributed by atoms with E-state index in [1.54, 1.807) is 0 Å². The standard InChI is InChI=1S/C28H39N3O3/c1-20-9-7-10-21(15-20)27(33)31(19-24-11-8-14-34-24)18-22-16-23(12-13-25(22)30(5)6)29-26(32)17-28(2,3)4/h7,9-10,12-13,15-16,24H,8,11,14,17-19H2,1-6H3,(H,29,32). The highest BCUT2D eigenvalue weighted by atomic mass is 16.5. The van der Waals surface area contributed by atoms with Crippen molar-refractivity contribution in [2.45, 2.75) is 59.6 Å². The normalized spacial score (nSPS) is 15.8. The van der Waals surface area contributed by atoms with Crippen LogP contribution in [0.1, 0.15) is 61.5 Å². The molecular weight excluding hydrogens is 426 g/mol. The van der Waals surface area contributed by atoms with Crippen molar-refractivity contribution in [3.05, 3.63) is 59.2 Å². The summed E-state index contributed by atoms with van der Waals surface area (Å²) in [5, 5.41) is 3.03. The van der Waals surface area contributed by atoms with Crippen LogP contribution in [-0.4, -0.2) is 50.1 Å². The van der Waals surface area contributed by atoms with Gasteiger partial charge in [0.2, 0.25) is 5.91 Å². The highest BCUT2D eigenvalue weighted by Gasteiger charge is 2.25. The van der Waals surface area contributed by atoms with Crippen LogP contribution in [0.15, 0.2) is 42.5 Å². The maximum atomic E-state index is 13.6. The summed E-state index contributed by atoms with van der Waals surface area (Å²) >= 11 is 0. The number of hydrogen-bond acceptors (Lipinski definition) is 4. The van der Waals surface area contributed by atoms with Gasteiger partial charge in [0.05, 0.1) is 6.10 Å². The zero-order valence-electron chi connectivity index (χ0n) is 21.5. The summed E-state index contributed by atoms with van der Waals surface area (Å²) < 4.78 is 5.87. The Bertz CT molecular complexity index is 1000. The molecule has 34 heavy (non-hydrogen) atoms. The first-order chi connectivity index (χ1) is 16.0. The number of amides is 2. The zero-order valence-corrected chi connectivity index (χ0v) is 21.5. The van der Waals surface area contributed by atoms with Gasteiger partial charge in [-0.05, 0) is 61.1 Å². The lowest BCUT2D eigenvalue weighted by Gasteiger charge is -2.28. The smallest absolute Gasteiger partial charge is 0.254 e. The molecule has 0 bridgehead atoms. The second-order valence-corrected chi connectivity index (χ2v) is 10.7. The van der Waals surface area contributed by atoms with Crippen LogP contribution < -0.4 is 10.2 Å². The molecule has 184 valence electrons. The van der Waals surface area contributed by atoms with Gasteiger partial charge in [-0.15, -0.1) is 0 Å². The van der Waals surface area contributed by atoms with E-state index in [0.29, 0.717) is 25.1 Å². The van der Waals surface area contributed by atoms with Gasteiger partial charge in [0, 0.05) is 57.2 Å². The minimum Gasteiger partial charge on any atom is -0.377 e. The van der Waals surface area contributed by atoms with Gasteiger partial charge in [-0.25, -0.2) is 0 Å². The average Bonchev–Trinajstić information content (AvgIpc) is 3.24. The lowest BCUT2D eigenvalue weighted by atomic mass is 9.92. The third kappa shape index (κ3) is 7.32. The Morgan fingerprint density at radius 2 is 1.88 bits per heavy atom. The number of carbonyl (C=O) groups is 2. The number of rotatable bonds is 8. The van der Waals surface area contributed by atoms with Gasteiger partial charge < -0.3 is 19.9 Å². The largest absolute Gasteiger partial charge is 0.377 e. The van der Waals surface area contributed by atoms with Crippen molar-refractivity contribution >= 4 is 23.2 Å². The quantitative estimate of drug-likeness (QED) is 0.578. The molecule has 0 radical (unpaired) electrons. The monoisotopic (exact) mass is 465 g/mol. The number of aryl methyl sites for hydroxylation is 1. The van der Waals surface area contributed by atoms with Crippen LogP contribution in [0.5, 0.6) is 0 Å². The van der Waals surface area contributed by atoms with Gasteiger partial charge in [0.1, 0.15) is 0 Å². The SMILES string of the molecule is Cc1cccc(C(=O)N(Cc2cc(NC(=O)CC(C)(C)C)ccc2N(C)C)CC2CCCO2)c1. The Morgan fingerprint density at radius 3 is 2.50 bits per heavy atom. The van der Waals surface area contributed by atoms with Crippen LogP contribution in [0.4, 0.5) is 11.4 Å². The molecule has 0 aromatic heterocycles. The van der Waals surface area contributed by atoms with Gasteiger partial charge in [0.25, 0.3) is 5.91 Å². The molecule has 1 unspecified atom stereocenters. The zero-order chi connectivity index (χ0) is 24.9. The molecule has 0 saturated carbocycles. The first-order valence-corrected chi connectivity index (χ1v) is 12.1. The topological polar surface area (TPSA) is 61.9 Å². The first kappa shape index (κ1) is 25.8. The van der Waals surface area contributed by atoms with Crippen LogP contribution >= 0.6 is 0 Å². The van der Waals surface area contributed by atoms with E-state index in [-0.39, 0.29) is 23.3 Å². The summed E-state index contributed by atoms with van der Waals surface area (Å²) in [5.41, 5.74) is 4.39. The van der Waals surface area contributed by atoms with E-state index in [9.17, 15) is 9.59 Å². The molecule has 0 spiro atoms. The number of benzene rings is 2. The molecule has 2 aromatic rings. The first-order valence-electron chi connectivity index (χ1n) is 12.1. The maximum Gasteiger partial charge on any atom is 0.254 e. The predicted molar refractivity (Wildman–Crippen MR) is 138 cm³/mol. The van der Waals surface area contributed by atoms with E-state index in [1.165, 1.54) is 0 Å². The molecule has 3 rings (SSSR count). The van der Waals surface area contributed by atoms with E-state index in [4.69, 9.17) is 4.74 Å². The molecule has 2 aromatic carbocycles. The molecule has 2 amide bonds. The van der Waals surface area contributed by atoms with E-state index in [0.717, 1.165) is 42.0 Å². The Kier molecular flexibility index (Phi) is 8.37. The van der Waals surface area contributed by atoms with Crippen LogP contribution in [0.3, 0.4) is 0 Å². The van der Waals surface area contributed by atoms with Crippen molar-refractivity contribution in [1.29, 1.82) is 0 Å². The fourth-order valence-electron chi connectivity index (χ4n) is 4.33. The number of nitrogens with zero attached hydrogens (tertiary/aromatic N) is 2. The Labute approximate surface area is 204 Å². The molecule has 1 aliphatic rings. The molecule has 1 fully saturated rings. The second-order valence-electron chi connectivity index (χ2n) is 10.7. The third-order valence-electron chi connectivity index (χ3n) is 5.90. The highest BCUT2D eigenvalue weighted by molar-refractivity contribution is 5.94. The van der Waals surface area contributed by atoms with Crippen LogP contribution in [0.25, 0.3) is 0 Å². The second kappa shape index (κ2) is 11.0. The van der Waals surface area contributed by atoms with Crippen LogP contribution in [-0.2, 0) is 16.1 Å². The fraction of sp³-hybridized carbons (Fsp3) is 0.500.